The van der Waals surface area contributed by atoms with Crippen LogP contribution in [0.2, 0.25) is 0 Å². The lowest BCUT2D eigenvalue weighted by molar-refractivity contribution is -0.136. The molecule has 0 aliphatic carbocycles. The first-order valence-corrected chi connectivity index (χ1v) is 9.21. The topological polar surface area (TPSA) is 57.7 Å². The Hall–Kier alpha value is -2.34. The van der Waals surface area contributed by atoms with E-state index in [1.165, 1.54) is 0 Å². The lowest BCUT2D eigenvalue weighted by Gasteiger charge is -2.27. The number of carbonyl (C=O) groups is 3. The van der Waals surface area contributed by atoms with E-state index in [4.69, 9.17) is 0 Å². The smallest absolute Gasteiger partial charge is 0.294 e. The van der Waals surface area contributed by atoms with Crippen molar-refractivity contribution in [3.8, 4) is 0 Å². The first kappa shape index (κ1) is 17.5. The van der Waals surface area contributed by atoms with Crippen LogP contribution in [0.1, 0.15) is 24.8 Å². The van der Waals surface area contributed by atoms with Crippen molar-refractivity contribution in [1.29, 1.82) is 0 Å². The molecular weight excluding hydrogens is 336 g/mol. The van der Waals surface area contributed by atoms with Crippen molar-refractivity contribution in [2.45, 2.75) is 19.3 Å². The highest BCUT2D eigenvalue weighted by Crippen LogP contribution is 2.30. The number of carbonyl (C=O) groups excluding carboxylic acids is 3. The summed E-state index contributed by atoms with van der Waals surface area (Å²) in [4.78, 5) is 39.9. The van der Waals surface area contributed by atoms with Crippen LogP contribution in [-0.4, -0.2) is 46.5 Å². The number of imide groups is 1. The van der Waals surface area contributed by atoms with Gasteiger partial charge in [0.2, 0.25) is 5.91 Å². The molecule has 0 bridgehead atoms. The average molecular weight is 356 g/mol. The molecule has 3 amide bonds. The third kappa shape index (κ3) is 4.39. The third-order valence-electron chi connectivity index (χ3n) is 4.21. The van der Waals surface area contributed by atoms with Gasteiger partial charge in [-0.05, 0) is 42.7 Å². The summed E-state index contributed by atoms with van der Waals surface area (Å²) in [6, 6.07) is 9.70. The number of allylic oxidation sites excluding steroid dienone is 2. The molecule has 2 saturated heterocycles. The van der Waals surface area contributed by atoms with E-state index in [0.717, 1.165) is 41.5 Å². The molecular formula is C19H20N2O3S. The number of amides is 3. The Kier molecular flexibility index (Phi) is 5.71. The first-order valence-electron chi connectivity index (χ1n) is 8.40. The number of thioether (sulfide) groups is 1. The Morgan fingerprint density at radius 2 is 1.80 bits per heavy atom. The Morgan fingerprint density at radius 1 is 1.08 bits per heavy atom. The van der Waals surface area contributed by atoms with E-state index in [-0.39, 0.29) is 17.7 Å². The second kappa shape index (κ2) is 8.16. The third-order valence-corrected chi connectivity index (χ3v) is 5.14. The molecule has 2 fully saturated rings. The molecule has 0 unspecified atom stereocenters. The molecule has 0 spiro atoms. The van der Waals surface area contributed by atoms with Gasteiger partial charge in [-0.1, -0.05) is 42.5 Å². The van der Waals surface area contributed by atoms with Crippen molar-refractivity contribution < 1.29 is 14.4 Å². The lowest BCUT2D eigenvalue weighted by atomic mass is 10.1. The minimum absolute atomic E-state index is 0.150. The van der Waals surface area contributed by atoms with Gasteiger partial charge >= 0.3 is 0 Å². The van der Waals surface area contributed by atoms with Crippen LogP contribution >= 0.6 is 11.8 Å². The summed E-state index contributed by atoms with van der Waals surface area (Å²) >= 11 is 0.882. The second-order valence-electron chi connectivity index (χ2n) is 6.00. The molecule has 2 aliphatic heterocycles. The van der Waals surface area contributed by atoms with Gasteiger partial charge in [-0.3, -0.25) is 19.3 Å². The van der Waals surface area contributed by atoms with Gasteiger partial charge in [-0.2, -0.15) is 0 Å². The number of likely N-dealkylation sites (tertiary alicyclic amines) is 1. The molecule has 1 aromatic carbocycles. The summed E-state index contributed by atoms with van der Waals surface area (Å²) in [5.41, 5.74) is 1.01. The van der Waals surface area contributed by atoms with E-state index in [2.05, 4.69) is 0 Å². The average Bonchev–Trinajstić information content (AvgIpc) is 2.91. The van der Waals surface area contributed by atoms with Gasteiger partial charge in [0, 0.05) is 13.1 Å². The Labute approximate surface area is 151 Å². The van der Waals surface area contributed by atoms with E-state index in [0.29, 0.717) is 18.0 Å². The second-order valence-corrected chi connectivity index (χ2v) is 6.99. The molecule has 6 heteroatoms. The molecule has 25 heavy (non-hydrogen) atoms. The van der Waals surface area contributed by atoms with Crippen molar-refractivity contribution >= 4 is 34.9 Å². The zero-order valence-electron chi connectivity index (χ0n) is 13.9. The Bertz CT molecular complexity index is 721. The van der Waals surface area contributed by atoms with Gasteiger partial charge in [0.25, 0.3) is 11.1 Å². The number of benzene rings is 1. The van der Waals surface area contributed by atoms with Crippen molar-refractivity contribution in [2.75, 3.05) is 19.6 Å². The van der Waals surface area contributed by atoms with Crippen LogP contribution < -0.4 is 0 Å². The summed E-state index contributed by atoms with van der Waals surface area (Å²) in [6.07, 6.45) is 8.34. The maximum atomic E-state index is 12.4. The van der Waals surface area contributed by atoms with E-state index in [9.17, 15) is 14.4 Å². The van der Waals surface area contributed by atoms with Crippen LogP contribution in [0.3, 0.4) is 0 Å². The fourth-order valence-corrected chi connectivity index (χ4v) is 3.63. The zero-order chi connectivity index (χ0) is 17.6. The molecule has 0 N–H and O–H groups in total. The molecule has 130 valence electrons. The van der Waals surface area contributed by atoms with Crippen molar-refractivity contribution in [2.24, 2.45) is 0 Å². The van der Waals surface area contributed by atoms with Crippen LogP contribution in [0.5, 0.6) is 0 Å². The maximum Gasteiger partial charge on any atom is 0.294 e. The van der Waals surface area contributed by atoms with Crippen molar-refractivity contribution in [1.82, 2.24) is 9.80 Å². The van der Waals surface area contributed by atoms with Crippen LogP contribution in [0.4, 0.5) is 4.79 Å². The van der Waals surface area contributed by atoms with Gasteiger partial charge < -0.3 is 4.90 Å². The molecule has 0 radical (unpaired) electrons. The summed E-state index contributed by atoms with van der Waals surface area (Å²) in [6.45, 7) is 1.26. The summed E-state index contributed by atoms with van der Waals surface area (Å²) < 4.78 is 0. The summed E-state index contributed by atoms with van der Waals surface area (Å²) in [5.74, 6) is -0.541. The molecule has 0 saturated carbocycles. The van der Waals surface area contributed by atoms with E-state index < -0.39 is 5.91 Å². The number of nitrogens with zero attached hydrogens (tertiary/aromatic N) is 2. The fourth-order valence-electron chi connectivity index (χ4n) is 2.84. The van der Waals surface area contributed by atoms with Gasteiger partial charge in [0.1, 0.15) is 6.54 Å². The predicted molar refractivity (Wildman–Crippen MR) is 98.7 cm³/mol. The van der Waals surface area contributed by atoms with E-state index >= 15 is 0 Å². The minimum atomic E-state index is -0.391. The molecule has 3 rings (SSSR count). The molecule has 5 nitrogen and oxygen atoms in total. The van der Waals surface area contributed by atoms with Crippen molar-refractivity contribution in [3.63, 3.8) is 0 Å². The molecule has 1 aromatic rings. The number of piperidine rings is 1. The van der Waals surface area contributed by atoms with Crippen LogP contribution in [0, 0.1) is 0 Å². The van der Waals surface area contributed by atoms with Gasteiger partial charge in [-0.25, -0.2) is 0 Å². The Balaban J connectivity index is 1.62. The van der Waals surface area contributed by atoms with Gasteiger partial charge in [0.15, 0.2) is 0 Å². The van der Waals surface area contributed by atoms with E-state index in [1.807, 2.05) is 36.4 Å². The van der Waals surface area contributed by atoms with Crippen LogP contribution in [0.25, 0.3) is 6.08 Å². The lowest BCUT2D eigenvalue weighted by Crippen LogP contribution is -2.44. The van der Waals surface area contributed by atoms with E-state index in [1.54, 1.807) is 17.1 Å². The van der Waals surface area contributed by atoms with Crippen LogP contribution in [0.15, 0.2) is 47.4 Å². The normalized spacial score (nSPS) is 20.1. The molecule has 0 aromatic heterocycles. The predicted octanol–water partition coefficient (Wildman–Crippen LogP) is 3.29. The number of hydrogen-bond donors (Lipinski definition) is 0. The quantitative estimate of drug-likeness (QED) is 0.777. The molecule has 2 heterocycles. The number of hydrogen-bond acceptors (Lipinski definition) is 4. The van der Waals surface area contributed by atoms with Gasteiger partial charge in [-0.15, -0.1) is 0 Å². The fraction of sp³-hybridized carbons (Fsp3) is 0.316. The zero-order valence-corrected chi connectivity index (χ0v) is 14.7. The highest BCUT2D eigenvalue weighted by Gasteiger charge is 2.36. The minimum Gasteiger partial charge on any atom is -0.341 e. The number of rotatable bonds is 4. The molecule has 0 atom stereocenters. The van der Waals surface area contributed by atoms with Gasteiger partial charge in [0.05, 0.1) is 4.91 Å². The first-order chi connectivity index (χ1) is 12.1. The standard InChI is InChI=1S/C19H20N2O3S/c22-17(20-12-5-2-6-13-20)14-21-18(23)16(25-19(21)24)11-7-10-15-8-3-1-4-9-15/h1,3-4,7-11H,2,5-6,12-14H2. The SMILES string of the molecule is O=C(CN1C(=O)SC(=CC=Cc2ccccc2)C1=O)N1CCCCC1. The summed E-state index contributed by atoms with van der Waals surface area (Å²) in [5, 5.41) is -0.380. The highest BCUT2D eigenvalue weighted by molar-refractivity contribution is 8.18. The maximum absolute atomic E-state index is 12.4. The highest BCUT2D eigenvalue weighted by atomic mass is 32.2. The molecule has 2 aliphatic rings. The monoisotopic (exact) mass is 356 g/mol. The van der Waals surface area contributed by atoms with Crippen molar-refractivity contribution in [3.05, 3.63) is 53.0 Å². The Morgan fingerprint density at radius 3 is 2.52 bits per heavy atom. The summed E-state index contributed by atoms with van der Waals surface area (Å²) in [7, 11) is 0. The largest absolute Gasteiger partial charge is 0.341 e. The van der Waals surface area contributed by atoms with Crippen LogP contribution in [-0.2, 0) is 9.59 Å².